The molecule has 3 heterocycles. The van der Waals surface area contributed by atoms with E-state index in [4.69, 9.17) is 16.3 Å². The lowest BCUT2D eigenvalue weighted by atomic mass is 9.67. The molecule has 1 spiro atoms. The van der Waals surface area contributed by atoms with Gasteiger partial charge >= 0.3 is 6.03 Å². The Bertz CT molecular complexity index is 1580. The van der Waals surface area contributed by atoms with Crippen LogP contribution in [0.25, 0.3) is 0 Å². The highest BCUT2D eigenvalue weighted by Gasteiger charge is 2.63. The van der Waals surface area contributed by atoms with Crippen molar-refractivity contribution in [1.82, 2.24) is 10.2 Å². The lowest BCUT2D eigenvalue weighted by molar-refractivity contribution is -0.384. The van der Waals surface area contributed by atoms with Crippen molar-refractivity contribution < 1.29 is 24.0 Å². The van der Waals surface area contributed by atoms with Crippen LogP contribution in [0, 0.1) is 15.5 Å². The quantitative estimate of drug-likeness (QED) is 0.277. The van der Waals surface area contributed by atoms with Crippen LogP contribution in [0.2, 0.25) is 5.02 Å². The predicted molar refractivity (Wildman–Crippen MR) is 151 cm³/mol. The Morgan fingerprint density at radius 3 is 2.54 bits per heavy atom. The number of nitro groups is 1. The lowest BCUT2D eigenvalue weighted by Gasteiger charge is -2.55. The molecule has 3 aromatic rings. The van der Waals surface area contributed by atoms with Crippen LogP contribution in [0.5, 0.6) is 5.75 Å². The van der Waals surface area contributed by atoms with Gasteiger partial charge in [-0.25, -0.2) is 9.69 Å². The van der Waals surface area contributed by atoms with Crippen molar-refractivity contribution in [3.05, 3.63) is 93.0 Å². The van der Waals surface area contributed by atoms with Crippen LogP contribution in [0.15, 0.2) is 66.7 Å². The molecule has 0 aliphatic carbocycles. The van der Waals surface area contributed by atoms with E-state index in [1.54, 1.807) is 30.3 Å². The van der Waals surface area contributed by atoms with Crippen LogP contribution in [0.4, 0.5) is 21.9 Å². The molecule has 1 N–H and O–H groups in total. The molecule has 3 aliphatic rings. The molecule has 41 heavy (non-hydrogen) atoms. The van der Waals surface area contributed by atoms with Gasteiger partial charge in [-0.2, -0.15) is 0 Å². The van der Waals surface area contributed by atoms with Gasteiger partial charge in [-0.1, -0.05) is 29.8 Å². The summed E-state index contributed by atoms with van der Waals surface area (Å²) in [5, 5.41) is 14.6. The number of hydrogen-bond acceptors (Lipinski definition) is 8. The fourth-order valence-electron chi connectivity index (χ4n) is 6.16. The number of anilines is 2. The van der Waals surface area contributed by atoms with E-state index in [1.807, 2.05) is 29.2 Å². The molecule has 2 fully saturated rings. The summed E-state index contributed by atoms with van der Waals surface area (Å²) in [4.78, 5) is 57.7. The average molecular weight is 576 g/mol. The Hall–Kier alpha value is -4.48. The van der Waals surface area contributed by atoms with Gasteiger partial charge in [0.05, 0.1) is 23.8 Å². The molecule has 12 heteroatoms. The number of ether oxygens (including phenoxy) is 1. The van der Waals surface area contributed by atoms with Crippen LogP contribution in [-0.4, -0.2) is 60.5 Å². The highest BCUT2D eigenvalue weighted by molar-refractivity contribution is 6.31. The summed E-state index contributed by atoms with van der Waals surface area (Å²) in [5.74, 6) is -0.857. The molecular weight excluding hydrogens is 550 g/mol. The number of fused-ring (bicyclic) bond motifs is 4. The van der Waals surface area contributed by atoms with Crippen molar-refractivity contribution in [1.29, 1.82) is 0 Å². The van der Waals surface area contributed by atoms with Crippen molar-refractivity contribution in [3.63, 3.8) is 0 Å². The smallest absolute Gasteiger partial charge is 0.335 e. The van der Waals surface area contributed by atoms with E-state index in [2.05, 4.69) is 10.2 Å². The maximum Gasteiger partial charge on any atom is 0.335 e. The Kier molecular flexibility index (Phi) is 6.63. The topological polar surface area (TPSA) is 125 Å². The van der Waals surface area contributed by atoms with Crippen molar-refractivity contribution >= 4 is 46.5 Å². The minimum Gasteiger partial charge on any atom is -0.497 e. The number of rotatable bonds is 5. The number of piperazine rings is 1. The third-order valence-corrected chi connectivity index (χ3v) is 8.55. The van der Waals surface area contributed by atoms with Crippen molar-refractivity contribution in [3.8, 4) is 5.75 Å². The fraction of sp³-hybridized carbons (Fsp3) is 0.276. The van der Waals surface area contributed by atoms with Gasteiger partial charge < -0.3 is 9.64 Å². The summed E-state index contributed by atoms with van der Waals surface area (Å²) in [7, 11) is 1.51. The van der Waals surface area contributed by atoms with Gasteiger partial charge in [0.15, 0.2) is 5.41 Å². The maximum atomic E-state index is 14.5. The molecule has 2 unspecified atom stereocenters. The number of benzene rings is 3. The molecule has 0 aromatic heterocycles. The molecule has 3 aromatic carbocycles. The minimum absolute atomic E-state index is 0.101. The van der Waals surface area contributed by atoms with Crippen LogP contribution < -0.4 is 19.9 Å². The highest BCUT2D eigenvalue weighted by Crippen LogP contribution is 2.47. The number of nitrogens with zero attached hydrogens (tertiary/aromatic N) is 4. The Labute approximate surface area is 240 Å². The molecule has 4 amide bonds. The van der Waals surface area contributed by atoms with Crippen molar-refractivity contribution in [2.24, 2.45) is 5.41 Å². The second-order valence-electron chi connectivity index (χ2n) is 10.4. The molecule has 2 atom stereocenters. The molecule has 11 nitrogen and oxygen atoms in total. The van der Waals surface area contributed by atoms with Crippen molar-refractivity contribution in [2.75, 3.05) is 36.5 Å². The number of hydrogen-bond donors (Lipinski definition) is 1. The first-order chi connectivity index (χ1) is 19.7. The number of barbiturate groups is 1. The third-order valence-electron chi connectivity index (χ3n) is 8.18. The maximum absolute atomic E-state index is 14.5. The summed E-state index contributed by atoms with van der Waals surface area (Å²) in [6.07, 6.45) is -0.101. The first-order valence-corrected chi connectivity index (χ1v) is 13.4. The number of urea groups is 1. The van der Waals surface area contributed by atoms with Crippen LogP contribution in [-0.2, 0) is 22.6 Å². The molecule has 0 saturated carbocycles. The fourth-order valence-corrected chi connectivity index (χ4v) is 6.35. The normalized spacial score (nSPS) is 22.3. The Morgan fingerprint density at radius 1 is 1.07 bits per heavy atom. The monoisotopic (exact) mass is 575 g/mol. The SMILES string of the molecule is COc1ccc(N2C(=O)NC(=O)C3(Cc4cc([N+](=O)[O-])ccc4N4CCN(Cc5ccccc5Cl)CC43)C2=O)cc1. The summed E-state index contributed by atoms with van der Waals surface area (Å²) in [6.45, 7) is 1.89. The van der Waals surface area contributed by atoms with Gasteiger partial charge in [0.1, 0.15) is 5.75 Å². The lowest BCUT2D eigenvalue weighted by Crippen LogP contribution is -2.75. The van der Waals surface area contributed by atoms with Gasteiger partial charge in [0, 0.05) is 55.4 Å². The number of halogens is 1. The molecular formula is C29H26ClN5O6. The van der Waals surface area contributed by atoms with E-state index in [9.17, 15) is 24.5 Å². The third kappa shape index (κ3) is 4.37. The van der Waals surface area contributed by atoms with Gasteiger partial charge in [0.25, 0.3) is 11.6 Å². The molecule has 6 rings (SSSR count). The zero-order chi connectivity index (χ0) is 28.9. The van der Waals surface area contributed by atoms with Gasteiger partial charge in [-0.3, -0.25) is 29.9 Å². The van der Waals surface area contributed by atoms with Gasteiger partial charge in [-0.05, 0) is 47.5 Å². The second kappa shape index (κ2) is 10.2. The number of carbonyl (C=O) groups is 3. The van der Waals surface area contributed by atoms with E-state index in [1.165, 1.54) is 19.2 Å². The molecule has 0 bridgehead atoms. The number of nitro benzene ring substituents is 1. The highest BCUT2D eigenvalue weighted by atomic mass is 35.5. The number of imide groups is 2. The van der Waals surface area contributed by atoms with Crippen LogP contribution in [0.3, 0.4) is 0 Å². The standard InChI is InChI=1S/C29H26ClN5O6/c1-41-22-9-6-20(7-10-22)34-27(37)29(26(36)31-28(34)38)15-19-14-21(35(39)40)8-11-24(19)33-13-12-32(17-25(29)33)16-18-4-2-3-5-23(18)30/h2-11,14,25H,12-13,15-17H2,1H3,(H,31,36,38). The largest absolute Gasteiger partial charge is 0.497 e. The number of carbonyl (C=O) groups excluding carboxylic acids is 3. The number of amides is 4. The minimum atomic E-state index is -1.73. The first kappa shape index (κ1) is 26.7. The first-order valence-electron chi connectivity index (χ1n) is 13.1. The molecule has 3 aliphatic heterocycles. The van der Waals surface area contributed by atoms with Crippen LogP contribution >= 0.6 is 11.6 Å². The summed E-state index contributed by atoms with van der Waals surface area (Å²) in [6, 6.07) is 16.9. The van der Waals surface area contributed by atoms with E-state index in [0.29, 0.717) is 42.5 Å². The Morgan fingerprint density at radius 2 is 1.83 bits per heavy atom. The van der Waals surface area contributed by atoms with Gasteiger partial charge in [0.2, 0.25) is 5.91 Å². The van der Waals surface area contributed by atoms with E-state index >= 15 is 0 Å². The molecule has 0 radical (unpaired) electrons. The number of methoxy groups -OCH3 is 1. The van der Waals surface area contributed by atoms with E-state index in [-0.39, 0.29) is 17.8 Å². The van der Waals surface area contributed by atoms with E-state index < -0.39 is 34.2 Å². The molecule has 210 valence electrons. The summed E-state index contributed by atoms with van der Waals surface area (Å²) >= 11 is 6.44. The zero-order valence-corrected chi connectivity index (χ0v) is 22.8. The number of nitrogens with one attached hydrogen (secondary N) is 1. The van der Waals surface area contributed by atoms with E-state index in [0.717, 1.165) is 16.2 Å². The van der Waals surface area contributed by atoms with Gasteiger partial charge in [-0.15, -0.1) is 0 Å². The average Bonchev–Trinajstić information content (AvgIpc) is 2.97. The summed E-state index contributed by atoms with van der Waals surface area (Å²) in [5.41, 5.74) is 0.564. The molecule has 2 saturated heterocycles. The van der Waals surface area contributed by atoms with Crippen molar-refractivity contribution in [2.45, 2.75) is 19.0 Å². The number of non-ortho nitro benzene ring substituents is 1. The Balaban J connectivity index is 1.45. The predicted octanol–water partition coefficient (Wildman–Crippen LogP) is 3.77. The van der Waals surface area contributed by atoms with Crippen LogP contribution in [0.1, 0.15) is 11.1 Å². The second-order valence-corrected chi connectivity index (χ2v) is 10.8. The zero-order valence-electron chi connectivity index (χ0n) is 22.1. The summed E-state index contributed by atoms with van der Waals surface area (Å²) < 4.78 is 5.21.